The van der Waals surface area contributed by atoms with Crippen LogP contribution >= 0.6 is 0 Å². The first-order chi connectivity index (χ1) is 9.51. The Morgan fingerprint density at radius 2 is 1.90 bits per heavy atom. The van der Waals surface area contributed by atoms with Crippen LogP contribution in [-0.4, -0.2) is 27.2 Å². The lowest BCUT2D eigenvalue weighted by atomic mass is 10.2. The van der Waals surface area contributed by atoms with Crippen LogP contribution in [-0.2, 0) is 0 Å². The number of aromatic hydroxyl groups is 1. The average molecular weight is 274 g/mol. The quantitative estimate of drug-likeness (QED) is 0.568. The lowest BCUT2D eigenvalue weighted by Gasteiger charge is -2.08. The van der Waals surface area contributed by atoms with E-state index in [0.717, 1.165) is 12.3 Å². The Bertz CT molecular complexity index is 719. The van der Waals surface area contributed by atoms with Crippen molar-refractivity contribution in [3.63, 3.8) is 0 Å². The van der Waals surface area contributed by atoms with Gasteiger partial charge >= 0.3 is 0 Å². The highest BCUT2D eigenvalue weighted by atomic mass is 16.5. The van der Waals surface area contributed by atoms with Crippen molar-refractivity contribution in [3.8, 4) is 5.75 Å². The molecule has 0 radical (unpaired) electrons. The molecule has 20 heavy (non-hydrogen) atoms. The number of hydrogen-bond acceptors (Lipinski definition) is 5. The molecule has 1 aromatic carbocycles. The number of aromatic nitrogens is 1. The molecule has 1 amide bonds. The average Bonchev–Trinajstić information content (AvgIpc) is 2.43. The Balaban J connectivity index is 2.25. The second-order valence-corrected chi connectivity index (χ2v) is 3.95. The molecule has 0 saturated heterocycles. The predicted molar refractivity (Wildman–Crippen MR) is 69.3 cm³/mol. The third-order valence-corrected chi connectivity index (χ3v) is 2.55. The number of benzene rings is 1. The summed E-state index contributed by atoms with van der Waals surface area (Å²) in [5.41, 5.74) is -0.267. The second-order valence-electron chi connectivity index (χ2n) is 3.95. The first kappa shape index (κ1) is 13.3. The number of aldehydes is 1. The minimum absolute atomic E-state index is 0.327. The van der Waals surface area contributed by atoms with Crippen LogP contribution in [0.1, 0.15) is 20.8 Å². The van der Waals surface area contributed by atoms with Crippen molar-refractivity contribution in [2.45, 2.75) is 0 Å². The summed E-state index contributed by atoms with van der Waals surface area (Å²) in [6.45, 7) is 0. The van der Waals surface area contributed by atoms with E-state index in [0.29, 0.717) is 22.3 Å². The van der Waals surface area contributed by atoms with Crippen LogP contribution in [0.3, 0.4) is 0 Å². The second kappa shape index (κ2) is 5.27. The fraction of sp³-hybridized carbons (Fsp3) is 0. The minimum Gasteiger partial charge on any atom is -0.503 e. The highest BCUT2D eigenvalue weighted by molar-refractivity contribution is 6.03. The Kier molecular flexibility index (Phi) is 3.52. The number of carbonyl (C=O) groups excluding carboxylic acids is 2. The predicted octanol–water partition coefficient (Wildman–Crippen LogP) is 0.856. The van der Waals surface area contributed by atoms with Gasteiger partial charge in [-0.3, -0.25) is 14.4 Å². The largest absolute Gasteiger partial charge is 0.503 e. The fourth-order valence-electron chi connectivity index (χ4n) is 1.52. The number of nitrogens with zero attached hydrogens (tertiary/aromatic N) is 1. The molecule has 0 atom stereocenters. The van der Waals surface area contributed by atoms with E-state index in [1.165, 1.54) is 24.3 Å². The van der Waals surface area contributed by atoms with Crippen LogP contribution in [0.5, 0.6) is 5.75 Å². The summed E-state index contributed by atoms with van der Waals surface area (Å²) in [4.78, 5) is 33.6. The van der Waals surface area contributed by atoms with Crippen LogP contribution in [0.2, 0.25) is 0 Å². The third-order valence-electron chi connectivity index (χ3n) is 2.55. The van der Waals surface area contributed by atoms with E-state index in [1.54, 1.807) is 0 Å². The summed E-state index contributed by atoms with van der Waals surface area (Å²) >= 11 is 0. The van der Waals surface area contributed by atoms with Gasteiger partial charge in [-0.05, 0) is 24.3 Å². The zero-order valence-electron chi connectivity index (χ0n) is 10.1. The van der Waals surface area contributed by atoms with E-state index in [1.807, 2.05) is 0 Å². The highest BCUT2D eigenvalue weighted by Gasteiger charge is 2.13. The molecule has 0 fully saturated rings. The van der Waals surface area contributed by atoms with Crippen molar-refractivity contribution >= 4 is 17.9 Å². The standard InChI is InChI=1S/C13H10N2O5/c16-7-8-1-3-9(4-2-8)14-13(19)10-5-11(17)12(18)6-15(10)20/h1-7,18,20H,(H,14,19). The third kappa shape index (κ3) is 2.66. The molecule has 0 saturated carbocycles. The molecule has 0 aliphatic rings. The Morgan fingerprint density at radius 1 is 1.25 bits per heavy atom. The van der Waals surface area contributed by atoms with Crippen molar-refractivity contribution in [3.05, 3.63) is 58.0 Å². The first-order valence-electron chi connectivity index (χ1n) is 5.53. The van der Waals surface area contributed by atoms with Gasteiger partial charge in [-0.2, -0.15) is 4.73 Å². The van der Waals surface area contributed by atoms with Crippen molar-refractivity contribution in [1.82, 2.24) is 4.73 Å². The SMILES string of the molecule is O=Cc1ccc(NC(=O)c2cc(=O)c(O)cn2O)cc1. The molecule has 3 N–H and O–H groups in total. The molecule has 7 nitrogen and oxygen atoms in total. The van der Waals surface area contributed by atoms with Crippen molar-refractivity contribution in [2.75, 3.05) is 5.32 Å². The van der Waals surface area contributed by atoms with Gasteiger partial charge in [-0.15, -0.1) is 0 Å². The van der Waals surface area contributed by atoms with E-state index in [4.69, 9.17) is 5.11 Å². The van der Waals surface area contributed by atoms with Gasteiger partial charge in [0, 0.05) is 17.3 Å². The zero-order chi connectivity index (χ0) is 14.7. The number of carbonyl (C=O) groups is 2. The topological polar surface area (TPSA) is 109 Å². The molecule has 7 heteroatoms. The molecule has 1 aromatic heterocycles. The number of nitrogens with one attached hydrogen (secondary N) is 1. The molecule has 0 spiro atoms. The molecular weight excluding hydrogens is 264 g/mol. The number of rotatable bonds is 3. The van der Waals surface area contributed by atoms with Gasteiger partial charge in [0.1, 0.15) is 12.0 Å². The van der Waals surface area contributed by atoms with Crippen LogP contribution in [0.25, 0.3) is 0 Å². The van der Waals surface area contributed by atoms with Crippen LogP contribution in [0.4, 0.5) is 5.69 Å². The van der Waals surface area contributed by atoms with Crippen molar-refractivity contribution < 1.29 is 19.9 Å². The van der Waals surface area contributed by atoms with Gasteiger partial charge < -0.3 is 15.6 Å². The zero-order valence-corrected chi connectivity index (χ0v) is 10.1. The summed E-state index contributed by atoms with van der Waals surface area (Å²) < 4.78 is 0.353. The van der Waals surface area contributed by atoms with Gasteiger partial charge in [-0.1, -0.05) is 0 Å². The fourth-order valence-corrected chi connectivity index (χ4v) is 1.52. The van der Waals surface area contributed by atoms with E-state index in [2.05, 4.69) is 5.32 Å². The number of hydrogen-bond donors (Lipinski definition) is 3. The maximum absolute atomic E-state index is 11.9. The molecule has 0 aliphatic carbocycles. The molecule has 1 heterocycles. The number of anilines is 1. The van der Waals surface area contributed by atoms with E-state index < -0.39 is 17.1 Å². The summed E-state index contributed by atoms with van der Waals surface area (Å²) in [6.07, 6.45) is 1.39. The van der Waals surface area contributed by atoms with E-state index >= 15 is 0 Å². The maximum atomic E-state index is 11.9. The lowest BCUT2D eigenvalue weighted by Crippen LogP contribution is -2.20. The van der Waals surface area contributed by atoms with Gasteiger partial charge in [0.2, 0.25) is 5.43 Å². The smallest absolute Gasteiger partial charge is 0.275 e. The summed E-state index contributed by atoms with van der Waals surface area (Å²) in [5.74, 6) is -1.40. The molecular formula is C13H10N2O5. The normalized spacial score (nSPS) is 10.0. The Labute approximate surface area is 112 Å². The maximum Gasteiger partial charge on any atom is 0.275 e. The summed E-state index contributed by atoms with van der Waals surface area (Å²) in [5, 5.41) is 21.0. The van der Waals surface area contributed by atoms with Gasteiger partial charge in [0.25, 0.3) is 5.91 Å². The molecule has 2 aromatic rings. The van der Waals surface area contributed by atoms with Crippen molar-refractivity contribution in [1.29, 1.82) is 0 Å². The number of pyridine rings is 1. The molecule has 0 bridgehead atoms. The Morgan fingerprint density at radius 3 is 2.50 bits per heavy atom. The van der Waals surface area contributed by atoms with Crippen molar-refractivity contribution in [2.24, 2.45) is 0 Å². The molecule has 0 aliphatic heterocycles. The highest BCUT2D eigenvalue weighted by Crippen LogP contribution is 2.10. The molecule has 102 valence electrons. The Hall–Kier alpha value is -3.09. The summed E-state index contributed by atoms with van der Waals surface area (Å²) in [6, 6.07) is 6.82. The first-order valence-corrected chi connectivity index (χ1v) is 5.53. The molecule has 2 rings (SSSR count). The number of amides is 1. The van der Waals surface area contributed by atoms with Crippen LogP contribution < -0.4 is 10.7 Å². The minimum atomic E-state index is -0.781. The monoisotopic (exact) mass is 274 g/mol. The van der Waals surface area contributed by atoms with Crippen LogP contribution in [0.15, 0.2) is 41.3 Å². The summed E-state index contributed by atoms with van der Waals surface area (Å²) in [7, 11) is 0. The van der Waals surface area contributed by atoms with E-state index in [-0.39, 0.29) is 5.69 Å². The van der Waals surface area contributed by atoms with Crippen LogP contribution in [0, 0.1) is 0 Å². The lowest BCUT2D eigenvalue weighted by molar-refractivity contribution is 0.0966. The van der Waals surface area contributed by atoms with Gasteiger partial charge in [0.15, 0.2) is 5.75 Å². The van der Waals surface area contributed by atoms with Gasteiger partial charge in [0.05, 0.1) is 6.20 Å². The molecule has 0 unspecified atom stereocenters. The van der Waals surface area contributed by atoms with Gasteiger partial charge in [-0.25, -0.2) is 0 Å². The van der Waals surface area contributed by atoms with E-state index in [9.17, 15) is 19.6 Å².